The summed E-state index contributed by atoms with van der Waals surface area (Å²) in [6, 6.07) is 8.98. The molecule has 1 aliphatic rings. The number of pyridine rings is 1. The molecule has 1 N–H and O–H groups in total. The second kappa shape index (κ2) is 6.59. The topological polar surface area (TPSA) is 77.2 Å². The van der Waals surface area contributed by atoms with E-state index in [1.165, 1.54) is 35.1 Å². The van der Waals surface area contributed by atoms with Crippen LogP contribution in [0.2, 0.25) is 0 Å². The van der Waals surface area contributed by atoms with Crippen LogP contribution in [0.4, 0.5) is 4.39 Å². The minimum absolute atomic E-state index is 0.128. The molecule has 3 aromatic rings. The number of carbonyl (C=O) groups is 1. The molecule has 2 heterocycles. The summed E-state index contributed by atoms with van der Waals surface area (Å²) in [5.41, 5.74) is 1.94. The molecule has 7 heteroatoms. The van der Waals surface area contributed by atoms with E-state index >= 15 is 0 Å². The fourth-order valence-electron chi connectivity index (χ4n) is 2.73. The third-order valence-electron chi connectivity index (χ3n) is 4.27. The minimum Gasteiger partial charge on any atom is -0.478 e. The predicted molar refractivity (Wildman–Crippen MR) is 91.0 cm³/mol. The van der Waals surface area contributed by atoms with Crippen LogP contribution in [0.15, 0.2) is 48.8 Å². The van der Waals surface area contributed by atoms with Gasteiger partial charge in [-0.25, -0.2) is 14.2 Å². The zero-order valence-electron chi connectivity index (χ0n) is 13.8. The van der Waals surface area contributed by atoms with Gasteiger partial charge in [0.25, 0.3) is 0 Å². The van der Waals surface area contributed by atoms with Crippen molar-refractivity contribution < 1.29 is 19.0 Å². The molecule has 0 atom stereocenters. The zero-order chi connectivity index (χ0) is 18.1. The quantitative estimate of drug-likeness (QED) is 0.733. The third kappa shape index (κ3) is 3.28. The van der Waals surface area contributed by atoms with Gasteiger partial charge in [-0.05, 0) is 48.6 Å². The molecule has 1 aromatic carbocycles. The van der Waals surface area contributed by atoms with Crippen LogP contribution in [-0.2, 0) is 6.61 Å². The summed E-state index contributed by atoms with van der Waals surface area (Å²) in [7, 11) is 0. The maximum Gasteiger partial charge on any atom is 0.335 e. The molecule has 132 valence electrons. The number of carboxylic acid groups (broad SMARTS) is 1. The van der Waals surface area contributed by atoms with Crippen molar-refractivity contribution in [2.24, 2.45) is 0 Å². The molecular weight excluding hydrogens is 337 g/mol. The number of benzene rings is 1. The summed E-state index contributed by atoms with van der Waals surface area (Å²) in [6.45, 7) is 0.254. The first kappa shape index (κ1) is 16.3. The van der Waals surface area contributed by atoms with Gasteiger partial charge >= 0.3 is 5.97 Å². The summed E-state index contributed by atoms with van der Waals surface area (Å²) < 4.78 is 20.6. The minimum atomic E-state index is -1.03. The smallest absolute Gasteiger partial charge is 0.335 e. The molecule has 0 radical (unpaired) electrons. The second-order valence-corrected chi connectivity index (χ2v) is 6.21. The average Bonchev–Trinajstić information content (AvgIpc) is 3.41. The molecule has 1 aliphatic carbocycles. The van der Waals surface area contributed by atoms with Gasteiger partial charge in [0, 0.05) is 11.8 Å². The van der Waals surface area contributed by atoms with Crippen molar-refractivity contribution in [1.29, 1.82) is 0 Å². The van der Waals surface area contributed by atoms with Gasteiger partial charge in [-0.15, -0.1) is 0 Å². The van der Waals surface area contributed by atoms with Crippen LogP contribution < -0.4 is 4.74 Å². The molecule has 4 rings (SSSR count). The van der Waals surface area contributed by atoms with Crippen molar-refractivity contribution in [3.05, 3.63) is 71.3 Å². The highest BCUT2D eigenvalue weighted by atomic mass is 19.1. The highest BCUT2D eigenvalue weighted by molar-refractivity contribution is 5.87. The Morgan fingerprint density at radius 1 is 1.27 bits per heavy atom. The van der Waals surface area contributed by atoms with Gasteiger partial charge in [0.15, 0.2) is 5.82 Å². The highest BCUT2D eigenvalue weighted by Crippen LogP contribution is 2.44. The van der Waals surface area contributed by atoms with E-state index in [1.807, 2.05) is 0 Å². The van der Waals surface area contributed by atoms with Crippen molar-refractivity contribution in [1.82, 2.24) is 14.8 Å². The number of rotatable bonds is 6. The Kier molecular flexibility index (Phi) is 4.12. The van der Waals surface area contributed by atoms with Crippen molar-refractivity contribution in [3.8, 4) is 11.7 Å². The van der Waals surface area contributed by atoms with Crippen LogP contribution in [0, 0.1) is 5.82 Å². The van der Waals surface area contributed by atoms with Gasteiger partial charge < -0.3 is 9.84 Å². The van der Waals surface area contributed by atoms with Crippen LogP contribution in [0.3, 0.4) is 0 Å². The first-order chi connectivity index (χ1) is 12.6. The standard InChI is InChI=1S/C19H16FN3O3/c20-15-5-1-12(2-6-15)11-26-18-16(13-3-4-13)10-22-23(18)17-9-14(19(24)25)7-8-21-17/h1-2,5-10,13H,3-4,11H2,(H,24,25). The van der Waals surface area contributed by atoms with Crippen LogP contribution in [0.25, 0.3) is 5.82 Å². The number of aromatic carboxylic acids is 1. The van der Waals surface area contributed by atoms with E-state index in [0.29, 0.717) is 17.6 Å². The number of nitrogens with zero attached hydrogens (tertiary/aromatic N) is 3. The maximum absolute atomic E-state index is 13.1. The predicted octanol–water partition coefficient (Wildman–Crippen LogP) is 3.56. The van der Waals surface area contributed by atoms with Gasteiger partial charge in [-0.1, -0.05) is 12.1 Å². The zero-order valence-corrected chi connectivity index (χ0v) is 13.8. The van der Waals surface area contributed by atoms with Crippen LogP contribution in [-0.4, -0.2) is 25.8 Å². The summed E-state index contributed by atoms with van der Waals surface area (Å²) >= 11 is 0. The summed E-state index contributed by atoms with van der Waals surface area (Å²) in [6.07, 6.45) is 5.32. The van der Waals surface area contributed by atoms with Gasteiger partial charge in [0.05, 0.1) is 11.8 Å². The summed E-state index contributed by atoms with van der Waals surface area (Å²) in [5.74, 6) is -0.00320. The molecule has 0 unspecified atom stereocenters. The van der Waals surface area contributed by atoms with Gasteiger partial charge in [-0.2, -0.15) is 9.78 Å². The van der Waals surface area contributed by atoms with Crippen LogP contribution in [0.1, 0.15) is 40.2 Å². The van der Waals surface area contributed by atoms with Gasteiger partial charge in [-0.3, -0.25) is 0 Å². The SMILES string of the molecule is O=C(O)c1ccnc(-n2ncc(C3CC3)c2OCc2ccc(F)cc2)c1. The van der Waals surface area contributed by atoms with Crippen molar-refractivity contribution in [3.63, 3.8) is 0 Å². The lowest BCUT2D eigenvalue weighted by Crippen LogP contribution is -2.07. The van der Waals surface area contributed by atoms with E-state index < -0.39 is 5.97 Å². The van der Waals surface area contributed by atoms with E-state index in [4.69, 9.17) is 4.74 Å². The van der Waals surface area contributed by atoms with E-state index in [0.717, 1.165) is 24.0 Å². The van der Waals surface area contributed by atoms with Crippen molar-refractivity contribution >= 4 is 5.97 Å². The molecular formula is C19H16FN3O3. The molecule has 0 bridgehead atoms. The van der Waals surface area contributed by atoms with E-state index in [1.54, 1.807) is 18.3 Å². The molecule has 6 nitrogen and oxygen atoms in total. The Bertz CT molecular complexity index is 949. The number of halogens is 1. The summed E-state index contributed by atoms with van der Waals surface area (Å²) in [4.78, 5) is 15.4. The molecule has 0 spiro atoms. The van der Waals surface area contributed by atoms with E-state index in [2.05, 4.69) is 10.1 Å². The monoisotopic (exact) mass is 353 g/mol. The molecule has 1 saturated carbocycles. The lowest BCUT2D eigenvalue weighted by atomic mass is 10.2. The molecule has 2 aromatic heterocycles. The fraction of sp³-hybridized carbons (Fsp3) is 0.211. The Morgan fingerprint density at radius 3 is 2.73 bits per heavy atom. The molecule has 0 aliphatic heterocycles. The number of aromatic nitrogens is 3. The molecule has 0 amide bonds. The van der Waals surface area contributed by atoms with E-state index in [9.17, 15) is 14.3 Å². The lowest BCUT2D eigenvalue weighted by Gasteiger charge is -2.11. The van der Waals surface area contributed by atoms with Crippen LogP contribution >= 0.6 is 0 Å². The molecule has 0 saturated heterocycles. The second-order valence-electron chi connectivity index (χ2n) is 6.21. The molecule has 26 heavy (non-hydrogen) atoms. The van der Waals surface area contributed by atoms with Crippen molar-refractivity contribution in [2.45, 2.75) is 25.4 Å². The van der Waals surface area contributed by atoms with Crippen molar-refractivity contribution in [2.75, 3.05) is 0 Å². The average molecular weight is 353 g/mol. The number of hydrogen-bond donors (Lipinski definition) is 1. The molecule has 1 fully saturated rings. The first-order valence-corrected chi connectivity index (χ1v) is 8.26. The van der Waals surface area contributed by atoms with Gasteiger partial charge in [0.1, 0.15) is 12.4 Å². The summed E-state index contributed by atoms with van der Waals surface area (Å²) in [5, 5.41) is 13.5. The van der Waals surface area contributed by atoms with E-state index in [-0.39, 0.29) is 18.0 Å². The number of ether oxygens (including phenoxy) is 1. The largest absolute Gasteiger partial charge is 0.478 e. The van der Waals surface area contributed by atoms with Crippen LogP contribution in [0.5, 0.6) is 5.88 Å². The maximum atomic E-state index is 13.1. The highest BCUT2D eigenvalue weighted by Gasteiger charge is 2.30. The third-order valence-corrected chi connectivity index (χ3v) is 4.27. The normalized spacial score (nSPS) is 13.6. The number of hydrogen-bond acceptors (Lipinski definition) is 4. The Balaban J connectivity index is 1.66. The Labute approximate surface area is 148 Å². The fourth-order valence-corrected chi connectivity index (χ4v) is 2.73. The first-order valence-electron chi connectivity index (χ1n) is 8.26. The Hall–Kier alpha value is -3.22. The Morgan fingerprint density at radius 2 is 2.04 bits per heavy atom. The van der Waals surface area contributed by atoms with Gasteiger partial charge in [0.2, 0.25) is 5.88 Å². The lowest BCUT2D eigenvalue weighted by molar-refractivity contribution is 0.0696. The number of carboxylic acids is 1.